The Kier molecular flexibility index (Phi) is 4.69. The van der Waals surface area contributed by atoms with Crippen molar-refractivity contribution in [3.05, 3.63) is 30.3 Å². The Bertz CT molecular complexity index is 737. The third kappa shape index (κ3) is 3.64. The van der Waals surface area contributed by atoms with E-state index >= 15 is 0 Å². The van der Waals surface area contributed by atoms with Crippen molar-refractivity contribution in [1.82, 2.24) is 9.36 Å². The van der Waals surface area contributed by atoms with Crippen molar-refractivity contribution in [2.45, 2.75) is 18.2 Å². The van der Waals surface area contributed by atoms with Crippen LogP contribution in [0.3, 0.4) is 0 Å². The van der Waals surface area contributed by atoms with Crippen molar-refractivity contribution in [1.29, 1.82) is 0 Å². The highest BCUT2D eigenvalue weighted by Gasteiger charge is 2.22. The molecule has 2 rings (SSSR count). The summed E-state index contributed by atoms with van der Waals surface area (Å²) >= 11 is 0.804. The molecule has 0 unspecified atom stereocenters. The SMILES string of the molecule is COC(=NS(=O)(=O)c1nc(-c2ccccc2)ns1)C(C)C. The molecule has 0 aliphatic rings. The largest absolute Gasteiger partial charge is 0.483 e. The quantitative estimate of drug-likeness (QED) is 0.637. The summed E-state index contributed by atoms with van der Waals surface area (Å²) in [5.41, 5.74) is 0.759. The minimum absolute atomic E-state index is 0.133. The predicted molar refractivity (Wildman–Crippen MR) is 81.8 cm³/mol. The second-order valence-electron chi connectivity index (χ2n) is 4.51. The van der Waals surface area contributed by atoms with E-state index in [-0.39, 0.29) is 16.2 Å². The number of hydrogen-bond acceptors (Lipinski definition) is 6. The van der Waals surface area contributed by atoms with E-state index in [4.69, 9.17) is 4.74 Å². The molecule has 6 nitrogen and oxygen atoms in total. The number of sulfonamides is 1. The first-order chi connectivity index (χ1) is 9.94. The van der Waals surface area contributed by atoms with Crippen LogP contribution in [0.1, 0.15) is 13.8 Å². The van der Waals surface area contributed by atoms with Gasteiger partial charge >= 0.3 is 10.0 Å². The Hall–Kier alpha value is -1.80. The van der Waals surface area contributed by atoms with Crippen LogP contribution >= 0.6 is 11.5 Å². The molecule has 0 saturated heterocycles. The van der Waals surface area contributed by atoms with Gasteiger partial charge in [-0.05, 0) is 0 Å². The van der Waals surface area contributed by atoms with Crippen molar-refractivity contribution in [2.75, 3.05) is 7.11 Å². The van der Waals surface area contributed by atoms with Gasteiger partial charge in [0.05, 0.1) is 7.11 Å². The molecule has 21 heavy (non-hydrogen) atoms. The third-order valence-corrected chi connectivity index (χ3v) is 4.89. The van der Waals surface area contributed by atoms with Gasteiger partial charge in [0.1, 0.15) is 0 Å². The first kappa shape index (κ1) is 15.6. The molecule has 1 aromatic heterocycles. The number of methoxy groups -OCH3 is 1. The maximum Gasteiger partial charge on any atom is 0.314 e. The van der Waals surface area contributed by atoms with E-state index in [0.29, 0.717) is 5.82 Å². The standard InChI is InChI=1S/C13H15N3O3S2/c1-9(2)12(19-3)16-21(17,18)13-14-11(15-20-13)10-7-5-4-6-8-10/h4-9H,1-3H3. The molecule has 0 aliphatic heterocycles. The van der Waals surface area contributed by atoms with E-state index in [0.717, 1.165) is 17.1 Å². The van der Waals surface area contributed by atoms with Crippen LogP contribution in [0, 0.1) is 5.92 Å². The van der Waals surface area contributed by atoms with E-state index in [9.17, 15) is 8.42 Å². The van der Waals surface area contributed by atoms with Crippen LogP contribution in [0.2, 0.25) is 0 Å². The van der Waals surface area contributed by atoms with E-state index in [1.807, 2.05) is 30.3 Å². The Labute approximate surface area is 127 Å². The predicted octanol–water partition coefficient (Wildman–Crippen LogP) is 2.59. The molecule has 112 valence electrons. The van der Waals surface area contributed by atoms with Gasteiger partial charge in [-0.25, -0.2) is 4.98 Å². The second-order valence-corrected chi connectivity index (χ2v) is 7.04. The summed E-state index contributed by atoms with van der Waals surface area (Å²) in [7, 11) is -2.50. The van der Waals surface area contributed by atoms with Gasteiger partial charge in [-0.1, -0.05) is 44.2 Å². The molecule has 1 aromatic carbocycles. The molecule has 0 fully saturated rings. The van der Waals surface area contributed by atoms with Gasteiger partial charge < -0.3 is 4.74 Å². The molecule has 0 bridgehead atoms. The van der Waals surface area contributed by atoms with Crippen molar-refractivity contribution >= 4 is 27.5 Å². The minimum atomic E-state index is -3.90. The van der Waals surface area contributed by atoms with Crippen LogP contribution in [0.4, 0.5) is 0 Å². The topological polar surface area (TPSA) is 81.5 Å². The number of rotatable bonds is 4. The smallest absolute Gasteiger partial charge is 0.314 e. The fourth-order valence-electron chi connectivity index (χ4n) is 1.55. The van der Waals surface area contributed by atoms with Crippen molar-refractivity contribution in [2.24, 2.45) is 10.3 Å². The van der Waals surface area contributed by atoms with Gasteiger partial charge in [-0.15, -0.1) is 4.40 Å². The Balaban J connectivity index is 2.37. The fourth-order valence-corrected chi connectivity index (χ4v) is 3.40. The second kappa shape index (κ2) is 6.31. The fraction of sp³-hybridized carbons (Fsp3) is 0.308. The number of hydrogen-bond donors (Lipinski definition) is 0. The van der Waals surface area contributed by atoms with E-state index < -0.39 is 10.0 Å². The van der Waals surface area contributed by atoms with Gasteiger partial charge in [0.25, 0.3) is 4.34 Å². The molecule has 2 aromatic rings. The average molecular weight is 325 g/mol. The highest BCUT2D eigenvalue weighted by Crippen LogP contribution is 2.22. The lowest BCUT2D eigenvalue weighted by atomic mass is 10.2. The molecule has 0 spiro atoms. The van der Waals surface area contributed by atoms with E-state index in [1.165, 1.54) is 7.11 Å². The van der Waals surface area contributed by atoms with Gasteiger partial charge in [0.2, 0.25) is 5.90 Å². The zero-order valence-corrected chi connectivity index (χ0v) is 13.5. The Morgan fingerprint density at radius 1 is 1.29 bits per heavy atom. The van der Waals surface area contributed by atoms with Crippen molar-refractivity contribution in [3.8, 4) is 11.4 Å². The molecular weight excluding hydrogens is 310 g/mol. The van der Waals surface area contributed by atoms with Crippen LogP contribution < -0.4 is 0 Å². The molecule has 8 heteroatoms. The van der Waals surface area contributed by atoms with E-state index in [1.54, 1.807) is 13.8 Å². The summed E-state index contributed by atoms with van der Waals surface area (Å²) in [5.74, 6) is 0.385. The molecule has 0 N–H and O–H groups in total. The van der Waals surface area contributed by atoms with Gasteiger partial charge in [-0.3, -0.25) is 0 Å². The minimum Gasteiger partial charge on any atom is -0.483 e. The molecule has 0 radical (unpaired) electrons. The summed E-state index contributed by atoms with van der Waals surface area (Å²) < 4.78 is 37.0. The number of ether oxygens (including phenoxy) is 1. The maximum absolute atomic E-state index is 12.2. The third-order valence-electron chi connectivity index (χ3n) is 2.57. The first-order valence-corrected chi connectivity index (χ1v) is 8.43. The van der Waals surface area contributed by atoms with Crippen LogP contribution in [-0.4, -0.2) is 30.8 Å². The normalized spacial score (nSPS) is 12.7. The Morgan fingerprint density at radius 2 is 1.95 bits per heavy atom. The van der Waals surface area contributed by atoms with Crippen LogP contribution in [0.5, 0.6) is 0 Å². The molecule has 0 amide bonds. The highest BCUT2D eigenvalue weighted by atomic mass is 32.2. The van der Waals surface area contributed by atoms with Crippen LogP contribution in [-0.2, 0) is 14.8 Å². The lowest BCUT2D eigenvalue weighted by molar-refractivity contribution is 0.376. The van der Waals surface area contributed by atoms with Crippen molar-refractivity contribution in [3.63, 3.8) is 0 Å². The average Bonchev–Trinajstić information content (AvgIpc) is 2.96. The summed E-state index contributed by atoms with van der Waals surface area (Å²) in [6, 6.07) is 9.17. The van der Waals surface area contributed by atoms with Crippen LogP contribution in [0.15, 0.2) is 39.1 Å². The van der Waals surface area contributed by atoms with Gasteiger partial charge in [0.15, 0.2) is 5.82 Å². The van der Waals surface area contributed by atoms with Gasteiger partial charge in [0, 0.05) is 23.0 Å². The first-order valence-electron chi connectivity index (χ1n) is 6.22. The lowest BCUT2D eigenvalue weighted by Crippen LogP contribution is -2.13. The summed E-state index contributed by atoms with van der Waals surface area (Å²) in [4.78, 5) is 4.06. The highest BCUT2D eigenvalue weighted by molar-refractivity contribution is 7.92. The molecule has 1 heterocycles. The molecular formula is C13H15N3O3S2. The number of nitrogens with zero attached hydrogens (tertiary/aromatic N) is 3. The van der Waals surface area contributed by atoms with Gasteiger partial charge in [-0.2, -0.15) is 12.8 Å². The van der Waals surface area contributed by atoms with E-state index in [2.05, 4.69) is 13.8 Å². The monoisotopic (exact) mass is 325 g/mol. The van der Waals surface area contributed by atoms with Crippen LogP contribution in [0.25, 0.3) is 11.4 Å². The lowest BCUT2D eigenvalue weighted by Gasteiger charge is -2.06. The summed E-state index contributed by atoms with van der Waals surface area (Å²) in [6.07, 6.45) is 0. The Morgan fingerprint density at radius 3 is 2.52 bits per heavy atom. The molecule has 0 aliphatic carbocycles. The molecule has 0 atom stereocenters. The van der Waals surface area contributed by atoms with Crippen molar-refractivity contribution < 1.29 is 13.2 Å². The zero-order chi connectivity index (χ0) is 15.5. The molecule has 0 saturated carbocycles. The number of benzene rings is 1. The number of aromatic nitrogens is 2. The zero-order valence-electron chi connectivity index (χ0n) is 11.8. The maximum atomic E-state index is 12.2. The summed E-state index contributed by atoms with van der Waals surface area (Å²) in [5, 5.41) is 0. The summed E-state index contributed by atoms with van der Waals surface area (Å²) in [6.45, 7) is 3.60.